The van der Waals surface area contributed by atoms with Crippen molar-refractivity contribution < 1.29 is 4.79 Å². The Balaban J connectivity index is 1.45. The molecule has 6 nitrogen and oxygen atoms in total. The Labute approximate surface area is 136 Å². The molecule has 3 aliphatic carbocycles. The van der Waals surface area contributed by atoms with E-state index in [2.05, 4.69) is 21.5 Å². The number of carbonyl (C=O) groups is 1. The summed E-state index contributed by atoms with van der Waals surface area (Å²) in [5.41, 5.74) is -0.919. The topological polar surface area (TPSA) is 83.6 Å². The van der Waals surface area contributed by atoms with E-state index in [9.17, 15) is 10.1 Å². The molecule has 1 N–H and O–H groups in total. The molecule has 3 fully saturated rings. The summed E-state index contributed by atoms with van der Waals surface area (Å²) in [6.45, 7) is 0. The summed E-state index contributed by atoms with van der Waals surface area (Å²) in [6.07, 6.45) is 12.7. The average molecular weight is 313 g/mol. The SMILES string of the molecule is N#CC1(C(=O)Nc2ncn(C3CCCCC3)n2)CC12CCCC2. The third-order valence-electron chi connectivity index (χ3n) is 6.21. The molecule has 1 atom stereocenters. The van der Waals surface area contributed by atoms with Gasteiger partial charge in [-0.15, -0.1) is 5.10 Å². The highest BCUT2D eigenvalue weighted by Gasteiger charge is 2.72. The highest BCUT2D eigenvalue weighted by molar-refractivity contribution is 5.99. The number of aromatic nitrogens is 3. The first kappa shape index (κ1) is 14.7. The van der Waals surface area contributed by atoms with Crippen molar-refractivity contribution in [2.75, 3.05) is 5.32 Å². The van der Waals surface area contributed by atoms with E-state index in [0.717, 1.165) is 38.5 Å². The summed E-state index contributed by atoms with van der Waals surface area (Å²) in [7, 11) is 0. The van der Waals surface area contributed by atoms with E-state index in [4.69, 9.17) is 0 Å². The van der Waals surface area contributed by atoms with E-state index >= 15 is 0 Å². The Morgan fingerprint density at radius 1 is 1.26 bits per heavy atom. The number of carbonyl (C=O) groups excluding carboxylic acids is 1. The van der Waals surface area contributed by atoms with Crippen molar-refractivity contribution in [3.8, 4) is 6.07 Å². The zero-order chi connectivity index (χ0) is 15.9. The molecule has 23 heavy (non-hydrogen) atoms. The Bertz CT molecular complexity index is 648. The van der Waals surface area contributed by atoms with E-state index < -0.39 is 5.41 Å². The van der Waals surface area contributed by atoms with Gasteiger partial charge >= 0.3 is 0 Å². The number of amides is 1. The molecule has 3 aliphatic rings. The molecule has 6 heteroatoms. The van der Waals surface area contributed by atoms with Crippen LogP contribution < -0.4 is 5.32 Å². The molecule has 0 saturated heterocycles. The monoisotopic (exact) mass is 313 g/mol. The summed E-state index contributed by atoms with van der Waals surface area (Å²) in [4.78, 5) is 16.9. The molecule has 3 saturated carbocycles. The largest absolute Gasteiger partial charge is 0.292 e. The van der Waals surface area contributed by atoms with Gasteiger partial charge in [0.15, 0.2) is 0 Å². The van der Waals surface area contributed by atoms with Crippen molar-refractivity contribution in [2.45, 2.75) is 70.3 Å². The summed E-state index contributed by atoms with van der Waals surface area (Å²) in [6, 6.07) is 2.70. The van der Waals surface area contributed by atoms with Gasteiger partial charge in [-0.25, -0.2) is 9.67 Å². The van der Waals surface area contributed by atoms with E-state index in [1.807, 2.05) is 4.68 Å². The first-order valence-corrected chi connectivity index (χ1v) is 8.83. The number of hydrogen-bond acceptors (Lipinski definition) is 4. The van der Waals surface area contributed by atoms with Crippen LogP contribution in [0.5, 0.6) is 0 Å². The standard InChI is InChI=1S/C17H23N5O/c18-11-17(10-16(17)8-4-5-9-16)14(23)20-15-19-12-22(21-15)13-6-2-1-3-7-13/h12-13H,1-10H2,(H,20,21,23). The third-order valence-corrected chi connectivity index (χ3v) is 6.21. The predicted molar refractivity (Wildman–Crippen MR) is 84.3 cm³/mol. The van der Waals surface area contributed by atoms with E-state index in [1.54, 1.807) is 6.33 Å². The molecule has 0 aromatic carbocycles. The van der Waals surface area contributed by atoms with Crippen LogP contribution in [0.4, 0.5) is 5.95 Å². The number of nitriles is 1. The van der Waals surface area contributed by atoms with Gasteiger partial charge in [-0.1, -0.05) is 32.1 Å². The first-order chi connectivity index (χ1) is 11.2. The van der Waals surface area contributed by atoms with Crippen LogP contribution in [-0.2, 0) is 4.79 Å². The van der Waals surface area contributed by atoms with Crippen LogP contribution in [0.3, 0.4) is 0 Å². The van der Waals surface area contributed by atoms with E-state index in [-0.39, 0.29) is 11.3 Å². The van der Waals surface area contributed by atoms with Gasteiger partial charge in [0.05, 0.1) is 12.1 Å². The van der Waals surface area contributed by atoms with Gasteiger partial charge in [-0.05, 0) is 32.1 Å². The predicted octanol–water partition coefficient (Wildman–Crippen LogP) is 3.20. The quantitative estimate of drug-likeness (QED) is 0.928. The molecule has 0 aliphatic heterocycles. The first-order valence-electron chi connectivity index (χ1n) is 8.83. The summed E-state index contributed by atoms with van der Waals surface area (Å²) in [5, 5.41) is 16.8. The zero-order valence-corrected chi connectivity index (χ0v) is 13.4. The van der Waals surface area contributed by atoms with Crippen LogP contribution in [0, 0.1) is 22.2 Å². The minimum absolute atomic E-state index is 0.0717. The Morgan fingerprint density at radius 3 is 2.70 bits per heavy atom. The fourth-order valence-corrected chi connectivity index (χ4v) is 4.71. The van der Waals surface area contributed by atoms with Gasteiger partial charge in [-0.2, -0.15) is 5.26 Å². The minimum Gasteiger partial charge on any atom is -0.292 e. The van der Waals surface area contributed by atoms with Gasteiger partial charge in [0, 0.05) is 5.41 Å². The van der Waals surface area contributed by atoms with Gasteiger partial charge in [0.25, 0.3) is 0 Å². The molecule has 1 amide bonds. The average Bonchev–Trinajstić information content (AvgIpc) is 2.91. The molecule has 4 rings (SSSR count). The van der Waals surface area contributed by atoms with E-state index in [1.165, 1.54) is 19.3 Å². The molecule has 1 aromatic heterocycles. The Hall–Kier alpha value is -1.90. The smallest absolute Gasteiger partial charge is 0.248 e. The number of anilines is 1. The van der Waals surface area contributed by atoms with Crippen molar-refractivity contribution in [1.82, 2.24) is 14.8 Å². The third kappa shape index (κ3) is 2.25. The molecule has 0 radical (unpaired) electrons. The molecular formula is C17H23N5O. The van der Waals surface area contributed by atoms with Crippen molar-refractivity contribution in [1.29, 1.82) is 5.26 Å². The lowest BCUT2D eigenvalue weighted by Gasteiger charge is -2.21. The molecule has 1 spiro atoms. The van der Waals surface area contributed by atoms with Gasteiger partial charge < -0.3 is 0 Å². The highest BCUT2D eigenvalue weighted by Crippen LogP contribution is 2.71. The van der Waals surface area contributed by atoms with Crippen molar-refractivity contribution >= 4 is 11.9 Å². The van der Waals surface area contributed by atoms with Crippen LogP contribution in [0.2, 0.25) is 0 Å². The lowest BCUT2D eigenvalue weighted by Crippen LogP contribution is -2.28. The van der Waals surface area contributed by atoms with Crippen LogP contribution >= 0.6 is 0 Å². The second-order valence-corrected chi connectivity index (χ2v) is 7.48. The minimum atomic E-state index is -0.847. The molecule has 1 unspecified atom stereocenters. The molecular weight excluding hydrogens is 290 g/mol. The maximum absolute atomic E-state index is 12.7. The molecule has 1 aromatic rings. The van der Waals surface area contributed by atoms with Gasteiger partial charge in [0.2, 0.25) is 11.9 Å². The number of nitrogens with zero attached hydrogens (tertiary/aromatic N) is 4. The molecule has 0 bridgehead atoms. The number of hydrogen-bond donors (Lipinski definition) is 1. The van der Waals surface area contributed by atoms with Crippen LogP contribution in [0.15, 0.2) is 6.33 Å². The van der Waals surface area contributed by atoms with Crippen LogP contribution in [0.1, 0.15) is 70.3 Å². The van der Waals surface area contributed by atoms with Crippen LogP contribution in [0.25, 0.3) is 0 Å². The van der Waals surface area contributed by atoms with Gasteiger partial charge in [-0.3, -0.25) is 10.1 Å². The number of rotatable bonds is 3. The fourth-order valence-electron chi connectivity index (χ4n) is 4.71. The van der Waals surface area contributed by atoms with Crippen molar-refractivity contribution in [2.24, 2.45) is 10.8 Å². The Morgan fingerprint density at radius 2 is 2.00 bits per heavy atom. The van der Waals surface area contributed by atoms with Crippen LogP contribution in [-0.4, -0.2) is 20.7 Å². The Kier molecular flexibility index (Phi) is 3.40. The number of nitrogens with one attached hydrogen (secondary N) is 1. The van der Waals surface area contributed by atoms with Crippen molar-refractivity contribution in [3.05, 3.63) is 6.33 Å². The maximum Gasteiger partial charge on any atom is 0.248 e. The lowest BCUT2D eigenvalue weighted by atomic mass is 9.91. The molecule has 122 valence electrons. The van der Waals surface area contributed by atoms with Gasteiger partial charge in [0.1, 0.15) is 11.7 Å². The zero-order valence-electron chi connectivity index (χ0n) is 13.4. The summed E-state index contributed by atoms with van der Waals surface area (Å²) < 4.78 is 1.88. The summed E-state index contributed by atoms with van der Waals surface area (Å²) >= 11 is 0. The van der Waals surface area contributed by atoms with E-state index in [0.29, 0.717) is 18.4 Å². The fraction of sp³-hybridized carbons (Fsp3) is 0.765. The normalized spacial score (nSPS) is 29.3. The highest BCUT2D eigenvalue weighted by atomic mass is 16.2. The lowest BCUT2D eigenvalue weighted by molar-refractivity contribution is -0.120. The second-order valence-electron chi connectivity index (χ2n) is 7.48. The summed E-state index contributed by atoms with van der Waals surface area (Å²) in [5.74, 6) is 0.138. The second kappa shape index (κ2) is 5.33. The molecule has 1 heterocycles. The van der Waals surface area contributed by atoms with Crippen molar-refractivity contribution in [3.63, 3.8) is 0 Å². The maximum atomic E-state index is 12.7.